The van der Waals surface area contributed by atoms with Gasteiger partial charge in [0.1, 0.15) is 5.82 Å². The number of hydrogen-bond acceptors (Lipinski definition) is 7. The molecule has 1 saturated heterocycles. The minimum atomic E-state index is 0.729. The molecule has 7 heteroatoms. The summed E-state index contributed by atoms with van der Waals surface area (Å²) in [5, 5.41) is 3.96. The summed E-state index contributed by atoms with van der Waals surface area (Å²) >= 11 is 0. The summed E-state index contributed by atoms with van der Waals surface area (Å²) in [4.78, 5) is 18.2. The van der Waals surface area contributed by atoms with E-state index in [1.165, 1.54) is 0 Å². The molecule has 0 spiro atoms. The average molecular weight is 350 g/mol. The van der Waals surface area contributed by atoms with Crippen molar-refractivity contribution in [1.82, 2.24) is 25.0 Å². The molecule has 0 aromatic carbocycles. The van der Waals surface area contributed by atoms with Gasteiger partial charge in [-0.1, -0.05) is 5.16 Å². The molecule has 26 heavy (non-hydrogen) atoms. The third-order valence-electron chi connectivity index (χ3n) is 4.51. The first-order valence-corrected chi connectivity index (χ1v) is 8.83. The Balaban J connectivity index is 1.45. The summed E-state index contributed by atoms with van der Waals surface area (Å²) in [7, 11) is 0. The van der Waals surface area contributed by atoms with Crippen molar-refractivity contribution in [2.24, 2.45) is 0 Å². The lowest BCUT2D eigenvalue weighted by molar-refractivity contribution is 0.219. The van der Waals surface area contributed by atoms with Crippen LogP contribution in [0.25, 0.3) is 11.4 Å². The molecule has 0 saturated carbocycles. The van der Waals surface area contributed by atoms with Gasteiger partial charge < -0.3 is 9.42 Å². The van der Waals surface area contributed by atoms with Gasteiger partial charge in [-0.15, -0.1) is 0 Å². The van der Waals surface area contributed by atoms with Crippen molar-refractivity contribution in [2.45, 2.75) is 20.4 Å². The van der Waals surface area contributed by atoms with Crippen LogP contribution in [0.4, 0.5) is 5.82 Å². The smallest absolute Gasteiger partial charge is 0.163 e. The minimum absolute atomic E-state index is 0.729. The third kappa shape index (κ3) is 3.72. The first kappa shape index (κ1) is 16.7. The lowest BCUT2D eigenvalue weighted by atomic mass is 10.2. The normalized spacial score (nSPS) is 15.4. The fraction of sp³-hybridized carbons (Fsp3) is 0.368. The molecule has 7 nitrogen and oxygen atoms in total. The Labute approximate surface area is 152 Å². The van der Waals surface area contributed by atoms with E-state index in [1.54, 1.807) is 12.4 Å². The van der Waals surface area contributed by atoms with Crippen molar-refractivity contribution in [3.63, 3.8) is 0 Å². The van der Waals surface area contributed by atoms with Crippen LogP contribution in [0.2, 0.25) is 0 Å². The summed E-state index contributed by atoms with van der Waals surface area (Å²) in [5.41, 5.74) is 2.84. The zero-order valence-electron chi connectivity index (χ0n) is 15.1. The Bertz CT molecular complexity index is 871. The Morgan fingerprint density at radius 1 is 1.04 bits per heavy atom. The highest BCUT2D eigenvalue weighted by Crippen LogP contribution is 2.21. The SMILES string of the molecule is Cc1cc(CN2CCN(c3cc(C)nc(-c4cccnc4)n3)CC2)on1. The van der Waals surface area contributed by atoms with Crippen LogP contribution in [0.3, 0.4) is 0 Å². The summed E-state index contributed by atoms with van der Waals surface area (Å²) in [6, 6.07) is 7.95. The topological polar surface area (TPSA) is 71.2 Å². The van der Waals surface area contributed by atoms with Crippen LogP contribution >= 0.6 is 0 Å². The van der Waals surface area contributed by atoms with Crippen LogP contribution in [0.1, 0.15) is 17.1 Å². The average Bonchev–Trinajstić information content (AvgIpc) is 3.07. The van der Waals surface area contributed by atoms with Crippen molar-refractivity contribution in [3.05, 3.63) is 53.8 Å². The molecule has 0 atom stereocenters. The highest BCUT2D eigenvalue weighted by atomic mass is 16.5. The van der Waals surface area contributed by atoms with Crippen LogP contribution in [-0.4, -0.2) is 51.2 Å². The zero-order valence-corrected chi connectivity index (χ0v) is 15.1. The van der Waals surface area contributed by atoms with E-state index in [1.807, 2.05) is 32.0 Å². The van der Waals surface area contributed by atoms with Crippen LogP contribution < -0.4 is 4.90 Å². The Morgan fingerprint density at radius 3 is 2.58 bits per heavy atom. The second-order valence-corrected chi connectivity index (χ2v) is 6.63. The van der Waals surface area contributed by atoms with E-state index in [0.29, 0.717) is 0 Å². The highest BCUT2D eigenvalue weighted by molar-refractivity contribution is 5.56. The van der Waals surface area contributed by atoms with E-state index >= 15 is 0 Å². The molecular weight excluding hydrogens is 328 g/mol. The van der Waals surface area contributed by atoms with Crippen LogP contribution in [0, 0.1) is 13.8 Å². The number of anilines is 1. The predicted molar refractivity (Wildman–Crippen MR) is 98.7 cm³/mol. The fourth-order valence-electron chi connectivity index (χ4n) is 3.18. The minimum Gasteiger partial charge on any atom is -0.360 e. The number of hydrogen-bond donors (Lipinski definition) is 0. The van der Waals surface area contributed by atoms with Crippen molar-refractivity contribution < 1.29 is 4.52 Å². The molecule has 0 amide bonds. The fourth-order valence-corrected chi connectivity index (χ4v) is 3.18. The summed E-state index contributed by atoms with van der Waals surface area (Å²) < 4.78 is 5.33. The van der Waals surface area contributed by atoms with Gasteiger partial charge in [-0.2, -0.15) is 0 Å². The maximum atomic E-state index is 5.33. The molecule has 0 N–H and O–H groups in total. The van der Waals surface area contributed by atoms with Gasteiger partial charge in [0.25, 0.3) is 0 Å². The molecule has 1 aliphatic rings. The Kier molecular flexibility index (Phi) is 4.62. The van der Waals surface area contributed by atoms with Crippen LogP contribution in [0.5, 0.6) is 0 Å². The maximum Gasteiger partial charge on any atom is 0.163 e. The van der Waals surface area contributed by atoms with E-state index in [0.717, 1.165) is 67.1 Å². The molecule has 0 radical (unpaired) electrons. The van der Waals surface area contributed by atoms with E-state index in [9.17, 15) is 0 Å². The molecule has 3 aromatic rings. The summed E-state index contributed by atoms with van der Waals surface area (Å²) in [6.07, 6.45) is 3.56. The Hall–Kier alpha value is -2.80. The quantitative estimate of drug-likeness (QED) is 0.716. The second kappa shape index (κ2) is 7.21. The lowest BCUT2D eigenvalue weighted by Crippen LogP contribution is -2.46. The number of pyridine rings is 1. The number of aryl methyl sites for hydroxylation is 2. The highest BCUT2D eigenvalue weighted by Gasteiger charge is 2.20. The molecule has 0 bridgehead atoms. The maximum absolute atomic E-state index is 5.33. The van der Waals surface area contributed by atoms with E-state index in [-0.39, 0.29) is 0 Å². The van der Waals surface area contributed by atoms with Gasteiger partial charge in [-0.3, -0.25) is 9.88 Å². The van der Waals surface area contributed by atoms with Gasteiger partial charge >= 0.3 is 0 Å². The number of piperazine rings is 1. The van der Waals surface area contributed by atoms with Crippen molar-refractivity contribution in [1.29, 1.82) is 0 Å². The molecule has 1 fully saturated rings. The van der Waals surface area contributed by atoms with Gasteiger partial charge in [0.05, 0.1) is 12.2 Å². The standard InChI is InChI=1S/C19H22N6O/c1-14-11-18(22-19(21-14)16-4-3-5-20-12-16)25-8-6-24(7-9-25)13-17-10-15(2)23-26-17/h3-5,10-12H,6-9,13H2,1-2H3. The first-order chi connectivity index (χ1) is 12.7. The summed E-state index contributed by atoms with van der Waals surface area (Å²) in [5.74, 6) is 2.63. The molecular formula is C19H22N6O. The lowest BCUT2D eigenvalue weighted by Gasteiger charge is -2.35. The Morgan fingerprint density at radius 2 is 1.88 bits per heavy atom. The van der Waals surface area contributed by atoms with Gasteiger partial charge in [0, 0.05) is 62.0 Å². The molecule has 134 valence electrons. The van der Waals surface area contributed by atoms with Crippen molar-refractivity contribution >= 4 is 5.82 Å². The van der Waals surface area contributed by atoms with Gasteiger partial charge in [0.2, 0.25) is 0 Å². The molecule has 4 rings (SSSR count). The predicted octanol–water partition coefficient (Wildman–Crippen LogP) is 2.47. The van der Waals surface area contributed by atoms with E-state index in [4.69, 9.17) is 9.51 Å². The van der Waals surface area contributed by atoms with Crippen molar-refractivity contribution in [2.75, 3.05) is 31.1 Å². The largest absolute Gasteiger partial charge is 0.360 e. The molecule has 0 aliphatic carbocycles. The van der Waals surface area contributed by atoms with Crippen LogP contribution in [-0.2, 0) is 6.54 Å². The van der Waals surface area contributed by atoms with Crippen molar-refractivity contribution in [3.8, 4) is 11.4 Å². The van der Waals surface area contributed by atoms with Gasteiger partial charge in [0.15, 0.2) is 11.6 Å². The summed E-state index contributed by atoms with van der Waals surface area (Å²) in [6.45, 7) is 8.54. The van der Waals surface area contributed by atoms with E-state index in [2.05, 4.69) is 31.0 Å². The molecule has 0 unspecified atom stereocenters. The van der Waals surface area contributed by atoms with Gasteiger partial charge in [-0.25, -0.2) is 9.97 Å². The monoisotopic (exact) mass is 350 g/mol. The van der Waals surface area contributed by atoms with Gasteiger partial charge in [-0.05, 0) is 26.0 Å². The first-order valence-electron chi connectivity index (χ1n) is 8.83. The zero-order chi connectivity index (χ0) is 17.9. The number of nitrogens with zero attached hydrogens (tertiary/aromatic N) is 6. The second-order valence-electron chi connectivity index (χ2n) is 6.63. The molecule has 1 aliphatic heterocycles. The van der Waals surface area contributed by atoms with E-state index < -0.39 is 0 Å². The molecule has 3 aromatic heterocycles. The third-order valence-corrected chi connectivity index (χ3v) is 4.51. The van der Waals surface area contributed by atoms with Crippen LogP contribution in [0.15, 0.2) is 41.2 Å². The molecule has 4 heterocycles. The number of aromatic nitrogens is 4. The number of rotatable bonds is 4.